The molecule has 0 saturated carbocycles. The first-order valence-corrected chi connectivity index (χ1v) is 8.67. The molecule has 9 heteroatoms. The molecule has 0 fully saturated rings. The minimum absolute atomic E-state index is 0.0897. The average Bonchev–Trinajstić information content (AvgIpc) is 3.20. The Labute approximate surface area is 160 Å². The second-order valence-corrected chi connectivity index (χ2v) is 6.81. The minimum Gasteiger partial charge on any atom is -0.450 e. The van der Waals surface area contributed by atoms with Crippen LogP contribution in [-0.2, 0) is 15.1 Å². The van der Waals surface area contributed by atoms with Gasteiger partial charge in [0.25, 0.3) is 11.6 Å². The Morgan fingerprint density at radius 3 is 2.79 bits per heavy atom. The normalized spacial score (nSPS) is 14.5. The van der Waals surface area contributed by atoms with Crippen molar-refractivity contribution in [3.8, 4) is 0 Å². The van der Waals surface area contributed by atoms with Gasteiger partial charge < -0.3 is 20.4 Å². The monoisotopic (exact) mass is 384 g/mol. The van der Waals surface area contributed by atoms with Crippen LogP contribution in [0.4, 0.5) is 16.2 Å². The molecule has 1 aliphatic heterocycles. The van der Waals surface area contributed by atoms with E-state index in [2.05, 4.69) is 15.6 Å². The number of anilines is 1. The molecule has 0 radical (unpaired) electrons. The Hall–Kier alpha value is -3.62. The molecule has 0 spiro atoms. The van der Waals surface area contributed by atoms with Crippen LogP contribution in [0.1, 0.15) is 37.6 Å². The largest absolute Gasteiger partial charge is 0.450 e. The fraction of sp³-hybridized carbons (Fsp3) is 0.263. The number of hydrogen-bond acceptors (Lipinski definition) is 5. The number of amides is 2. The molecule has 9 nitrogen and oxygen atoms in total. The van der Waals surface area contributed by atoms with E-state index in [0.29, 0.717) is 22.5 Å². The lowest BCUT2D eigenvalue weighted by molar-refractivity contribution is -0.384. The topological polar surface area (TPSA) is 126 Å². The molecule has 1 aromatic heterocycles. The average molecular weight is 384 g/mol. The molecule has 3 rings (SSSR count). The second kappa shape index (κ2) is 7.18. The zero-order valence-electron chi connectivity index (χ0n) is 15.7. The molecule has 0 bridgehead atoms. The molecule has 2 aromatic rings. The molecule has 0 aliphatic carbocycles. The van der Waals surface area contributed by atoms with E-state index < -0.39 is 16.6 Å². The SMILES string of the molecule is CCOC(=O)NC(C)(C)c1c[nH]c(/C=C2\C(=O)Nc3ccc([N+](=O)[O-])cc32)c1. The first kappa shape index (κ1) is 19.2. The third kappa shape index (κ3) is 3.73. The van der Waals surface area contributed by atoms with E-state index >= 15 is 0 Å². The smallest absolute Gasteiger partial charge is 0.407 e. The number of nitrogens with one attached hydrogen (secondary N) is 3. The fourth-order valence-corrected chi connectivity index (χ4v) is 2.94. The number of aromatic nitrogens is 1. The highest BCUT2D eigenvalue weighted by atomic mass is 16.6. The van der Waals surface area contributed by atoms with Crippen LogP contribution in [0.2, 0.25) is 0 Å². The van der Waals surface area contributed by atoms with Gasteiger partial charge >= 0.3 is 6.09 Å². The summed E-state index contributed by atoms with van der Waals surface area (Å²) in [5.41, 5.74) is 1.94. The van der Waals surface area contributed by atoms with Crippen LogP contribution in [0.25, 0.3) is 11.6 Å². The molecule has 2 amide bonds. The minimum atomic E-state index is -0.700. The van der Waals surface area contributed by atoms with E-state index in [9.17, 15) is 19.7 Å². The zero-order chi connectivity index (χ0) is 20.5. The third-order valence-corrected chi connectivity index (χ3v) is 4.41. The van der Waals surface area contributed by atoms with Gasteiger partial charge in [0.2, 0.25) is 0 Å². The number of nitro benzene ring substituents is 1. The van der Waals surface area contributed by atoms with E-state index in [4.69, 9.17) is 4.74 Å². The van der Waals surface area contributed by atoms with Crippen molar-refractivity contribution in [3.63, 3.8) is 0 Å². The van der Waals surface area contributed by atoms with E-state index in [1.807, 2.05) is 13.8 Å². The lowest BCUT2D eigenvalue weighted by Gasteiger charge is -2.24. The van der Waals surface area contributed by atoms with Crippen LogP contribution in [0.5, 0.6) is 0 Å². The highest BCUT2D eigenvalue weighted by Crippen LogP contribution is 2.35. The Morgan fingerprint density at radius 2 is 2.11 bits per heavy atom. The molecule has 0 saturated heterocycles. The second-order valence-electron chi connectivity index (χ2n) is 6.81. The molecule has 0 atom stereocenters. The van der Waals surface area contributed by atoms with Crippen LogP contribution in [0.15, 0.2) is 30.5 Å². The predicted molar refractivity (Wildman–Crippen MR) is 104 cm³/mol. The van der Waals surface area contributed by atoms with Crippen molar-refractivity contribution >= 4 is 35.0 Å². The molecular weight excluding hydrogens is 364 g/mol. The molecule has 1 aliphatic rings. The van der Waals surface area contributed by atoms with E-state index in [0.717, 1.165) is 5.56 Å². The molecule has 3 N–H and O–H groups in total. The van der Waals surface area contributed by atoms with Crippen molar-refractivity contribution in [1.29, 1.82) is 0 Å². The summed E-state index contributed by atoms with van der Waals surface area (Å²) in [6, 6.07) is 6.02. The Kier molecular flexibility index (Phi) is 4.91. The van der Waals surface area contributed by atoms with Crippen molar-refractivity contribution in [2.45, 2.75) is 26.3 Å². The predicted octanol–water partition coefficient (Wildman–Crippen LogP) is 3.40. The number of rotatable bonds is 5. The summed E-state index contributed by atoms with van der Waals surface area (Å²) >= 11 is 0. The Bertz CT molecular complexity index is 990. The summed E-state index contributed by atoms with van der Waals surface area (Å²) in [5.74, 6) is -0.337. The highest BCUT2D eigenvalue weighted by molar-refractivity contribution is 6.35. The number of non-ortho nitro benzene ring substituents is 1. The van der Waals surface area contributed by atoms with Crippen LogP contribution in [-0.4, -0.2) is 28.5 Å². The number of carbonyl (C=O) groups excluding carboxylic acids is 2. The number of nitrogens with zero attached hydrogens (tertiary/aromatic N) is 1. The maximum Gasteiger partial charge on any atom is 0.407 e. The standard InChI is InChI=1S/C19H20N4O5/c1-4-28-18(25)22-19(2,3)11-7-12(20-10-11)8-15-14-9-13(23(26)27)5-6-16(14)21-17(15)24/h5-10,20H,4H2,1-3H3,(H,21,24)(H,22,25)/b15-8-. The first-order valence-electron chi connectivity index (χ1n) is 8.67. The zero-order valence-corrected chi connectivity index (χ0v) is 15.7. The molecule has 1 aromatic carbocycles. The van der Waals surface area contributed by atoms with Crippen LogP contribution < -0.4 is 10.6 Å². The molecule has 28 heavy (non-hydrogen) atoms. The quantitative estimate of drug-likeness (QED) is 0.414. The summed E-state index contributed by atoms with van der Waals surface area (Å²) < 4.78 is 4.92. The number of carbonyl (C=O) groups is 2. The summed E-state index contributed by atoms with van der Waals surface area (Å²) in [4.78, 5) is 37.6. The van der Waals surface area contributed by atoms with Crippen molar-refractivity contribution in [1.82, 2.24) is 10.3 Å². The molecule has 2 heterocycles. The van der Waals surface area contributed by atoms with Gasteiger partial charge in [-0.1, -0.05) is 0 Å². The van der Waals surface area contributed by atoms with Crippen LogP contribution in [0, 0.1) is 10.1 Å². The summed E-state index contributed by atoms with van der Waals surface area (Å²) in [7, 11) is 0. The summed E-state index contributed by atoms with van der Waals surface area (Å²) in [6.07, 6.45) is 2.82. The van der Waals surface area contributed by atoms with Gasteiger partial charge in [-0.15, -0.1) is 0 Å². The van der Waals surface area contributed by atoms with Gasteiger partial charge in [0.1, 0.15) is 0 Å². The number of H-pyrrole nitrogens is 1. The molecule has 0 unspecified atom stereocenters. The van der Waals surface area contributed by atoms with Crippen LogP contribution >= 0.6 is 0 Å². The number of alkyl carbamates (subject to hydrolysis) is 1. The maximum absolute atomic E-state index is 12.3. The Morgan fingerprint density at radius 1 is 1.36 bits per heavy atom. The van der Waals surface area contributed by atoms with Gasteiger partial charge in [-0.3, -0.25) is 14.9 Å². The van der Waals surface area contributed by atoms with E-state index in [-0.39, 0.29) is 18.2 Å². The van der Waals surface area contributed by atoms with E-state index in [1.54, 1.807) is 25.3 Å². The van der Waals surface area contributed by atoms with Gasteiger partial charge in [0.15, 0.2) is 0 Å². The lowest BCUT2D eigenvalue weighted by Crippen LogP contribution is -2.41. The Balaban J connectivity index is 1.90. The molecular formula is C19H20N4O5. The number of hydrogen-bond donors (Lipinski definition) is 3. The van der Waals surface area contributed by atoms with Crippen LogP contribution in [0.3, 0.4) is 0 Å². The molecule has 146 valence electrons. The summed E-state index contributed by atoms with van der Waals surface area (Å²) in [5, 5.41) is 16.5. The number of aromatic amines is 1. The fourth-order valence-electron chi connectivity index (χ4n) is 2.94. The van der Waals surface area contributed by atoms with Gasteiger partial charge in [-0.25, -0.2) is 4.79 Å². The summed E-state index contributed by atoms with van der Waals surface area (Å²) in [6.45, 7) is 5.64. The van der Waals surface area contributed by atoms with Crippen molar-refractivity contribution in [2.75, 3.05) is 11.9 Å². The van der Waals surface area contributed by atoms with Crippen molar-refractivity contribution in [2.24, 2.45) is 0 Å². The van der Waals surface area contributed by atoms with Crippen molar-refractivity contribution in [3.05, 3.63) is 57.4 Å². The van der Waals surface area contributed by atoms with Gasteiger partial charge in [-0.2, -0.15) is 0 Å². The van der Waals surface area contributed by atoms with Gasteiger partial charge in [0.05, 0.1) is 22.6 Å². The van der Waals surface area contributed by atoms with Crippen molar-refractivity contribution < 1.29 is 19.2 Å². The highest BCUT2D eigenvalue weighted by Gasteiger charge is 2.28. The number of nitro groups is 1. The number of ether oxygens (including phenoxy) is 1. The first-order chi connectivity index (χ1) is 13.2. The van der Waals surface area contributed by atoms with Gasteiger partial charge in [0, 0.05) is 35.3 Å². The van der Waals surface area contributed by atoms with Gasteiger partial charge in [-0.05, 0) is 44.5 Å². The van der Waals surface area contributed by atoms with E-state index in [1.165, 1.54) is 18.2 Å². The number of benzene rings is 1. The maximum atomic E-state index is 12.3. The lowest BCUT2D eigenvalue weighted by atomic mass is 9.97. The third-order valence-electron chi connectivity index (χ3n) is 4.41. The number of fused-ring (bicyclic) bond motifs is 1.